The van der Waals surface area contributed by atoms with Crippen molar-refractivity contribution < 1.29 is 5.11 Å². The summed E-state index contributed by atoms with van der Waals surface area (Å²) < 4.78 is 1.97. The van der Waals surface area contributed by atoms with Gasteiger partial charge in [0.25, 0.3) is 5.78 Å². The fourth-order valence-corrected chi connectivity index (χ4v) is 5.27. The fourth-order valence-electron chi connectivity index (χ4n) is 5.27. The van der Waals surface area contributed by atoms with Crippen LogP contribution >= 0.6 is 0 Å². The summed E-state index contributed by atoms with van der Waals surface area (Å²) in [6, 6.07) is 2.95. The highest BCUT2D eigenvalue weighted by Gasteiger charge is 2.26. The fraction of sp³-hybridized carbons (Fsp3) is 0.773. The van der Waals surface area contributed by atoms with Crippen molar-refractivity contribution >= 4 is 17.4 Å². The molecule has 8 nitrogen and oxygen atoms in total. The Morgan fingerprint density at radius 3 is 2.63 bits per heavy atom. The summed E-state index contributed by atoms with van der Waals surface area (Å²) in [7, 11) is 0. The van der Waals surface area contributed by atoms with Gasteiger partial charge < -0.3 is 20.6 Å². The molecular formula is C22H35N7O. The van der Waals surface area contributed by atoms with E-state index in [1.54, 1.807) is 0 Å². The lowest BCUT2D eigenvalue weighted by molar-refractivity contribution is 0.126. The molecule has 1 unspecified atom stereocenters. The molecule has 0 amide bonds. The van der Waals surface area contributed by atoms with Gasteiger partial charge in [0.1, 0.15) is 11.6 Å². The highest BCUT2D eigenvalue weighted by atomic mass is 16.3. The predicted octanol–water partition coefficient (Wildman–Crippen LogP) is 2.69. The van der Waals surface area contributed by atoms with Crippen molar-refractivity contribution in [3.8, 4) is 0 Å². The van der Waals surface area contributed by atoms with Gasteiger partial charge >= 0.3 is 0 Å². The monoisotopic (exact) mass is 413 g/mol. The number of piperazine rings is 1. The average molecular weight is 414 g/mol. The summed E-state index contributed by atoms with van der Waals surface area (Å²) in [6.07, 6.45) is 9.78. The maximum absolute atomic E-state index is 9.82. The second-order valence-electron chi connectivity index (χ2n) is 9.47. The van der Waals surface area contributed by atoms with E-state index in [2.05, 4.69) is 28.5 Å². The normalized spacial score (nSPS) is 28.7. The number of hydrogen-bond donors (Lipinski definition) is 3. The molecule has 3 N–H and O–H groups in total. The molecule has 3 fully saturated rings. The van der Waals surface area contributed by atoms with Gasteiger partial charge in [0.2, 0.25) is 0 Å². The summed E-state index contributed by atoms with van der Waals surface area (Å²) in [4.78, 5) is 12.2. The maximum Gasteiger partial charge on any atom is 0.256 e. The van der Waals surface area contributed by atoms with Crippen molar-refractivity contribution in [2.24, 2.45) is 0 Å². The first-order valence-corrected chi connectivity index (χ1v) is 11.9. The van der Waals surface area contributed by atoms with Crippen LogP contribution in [0, 0.1) is 0 Å². The largest absolute Gasteiger partial charge is 0.393 e. The number of aliphatic hydroxyl groups is 1. The van der Waals surface area contributed by atoms with Crippen molar-refractivity contribution in [1.82, 2.24) is 24.9 Å². The number of rotatable bonds is 4. The van der Waals surface area contributed by atoms with E-state index in [9.17, 15) is 5.11 Å². The van der Waals surface area contributed by atoms with Crippen LogP contribution in [0.1, 0.15) is 76.5 Å². The van der Waals surface area contributed by atoms with Crippen molar-refractivity contribution in [3.63, 3.8) is 0 Å². The summed E-state index contributed by atoms with van der Waals surface area (Å²) >= 11 is 0. The summed E-state index contributed by atoms with van der Waals surface area (Å²) in [5.74, 6) is 4.10. The smallest absolute Gasteiger partial charge is 0.256 e. The SMILES string of the molecule is CC1CN(c2cc(NC3CCC(O)CC3)nc3nc(C4CCCCC4)nn23)CCN1. The number of aromatic nitrogens is 4. The third kappa shape index (κ3) is 4.25. The number of hydrogen-bond acceptors (Lipinski definition) is 7. The Bertz CT molecular complexity index is 855. The Morgan fingerprint density at radius 1 is 1.07 bits per heavy atom. The molecule has 1 saturated heterocycles. The van der Waals surface area contributed by atoms with Crippen molar-refractivity contribution in [3.05, 3.63) is 11.9 Å². The molecule has 5 rings (SSSR count). The molecular weight excluding hydrogens is 378 g/mol. The lowest BCUT2D eigenvalue weighted by Gasteiger charge is -2.33. The average Bonchev–Trinajstić information content (AvgIpc) is 3.20. The Morgan fingerprint density at radius 2 is 1.87 bits per heavy atom. The van der Waals surface area contributed by atoms with Crippen LogP contribution in [0.4, 0.5) is 11.6 Å². The lowest BCUT2D eigenvalue weighted by Crippen LogP contribution is -2.49. The molecule has 0 bridgehead atoms. The van der Waals surface area contributed by atoms with Crippen LogP contribution in [0.2, 0.25) is 0 Å². The van der Waals surface area contributed by atoms with Gasteiger partial charge in [0.05, 0.1) is 6.10 Å². The highest BCUT2D eigenvalue weighted by molar-refractivity contribution is 5.56. The second kappa shape index (κ2) is 8.67. The van der Waals surface area contributed by atoms with Gasteiger partial charge in [-0.05, 0) is 45.4 Å². The number of aliphatic hydroxyl groups excluding tert-OH is 1. The molecule has 1 atom stereocenters. The van der Waals surface area contributed by atoms with Crippen molar-refractivity contribution in [1.29, 1.82) is 0 Å². The zero-order valence-corrected chi connectivity index (χ0v) is 18.1. The predicted molar refractivity (Wildman–Crippen MR) is 118 cm³/mol. The molecule has 2 aromatic rings. The molecule has 2 saturated carbocycles. The van der Waals surface area contributed by atoms with E-state index in [1.807, 2.05) is 4.52 Å². The molecule has 164 valence electrons. The first kappa shape index (κ1) is 20.0. The van der Waals surface area contributed by atoms with E-state index >= 15 is 0 Å². The third-order valence-corrected chi connectivity index (χ3v) is 7.02. The Hall–Kier alpha value is -1.93. The van der Waals surface area contributed by atoms with Gasteiger partial charge in [-0.2, -0.15) is 14.5 Å². The van der Waals surface area contributed by atoms with Crippen LogP contribution in [0.15, 0.2) is 6.07 Å². The molecule has 1 aliphatic heterocycles. The molecule has 0 radical (unpaired) electrons. The van der Waals surface area contributed by atoms with E-state index in [0.29, 0.717) is 23.8 Å². The van der Waals surface area contributed by atoms with E-state index in [1.165, 1.54) is 32.1 Å². The van der Waals surface area contributed by atoms with Gasteiger partial charge in [-0.1, -0.05) is 19.3 Å². The van der Waals surface area contributed by atoms with Crippen LogP contribution in [-0.4, -0.2) is 62.5 Å². The Labute approximate surface area is 178 Å². The summed E-state index contributed by atoms with van der Waals surface area (Å²) in [5.41, 5.74) is 0. The molecule has 30 heavy (non-hydrogen) atoms. The number of nitrogens with one attached hydrogen (secondary N) is 2. The highest BCUT2D eigenvalue weighted by Crippen LogP contribution is 2.32. The third-order valence-electron chi connectivity index (χ3n) is 7.02. The van der Waals surface area contributed by atoms with Gasteiger partial charge in [-0.3, -0.25) is 0 Å². The van der Waals surface area contributed by atoms with Crippen LogP contribution in [-0.2, 0) is 0 Å². The first-order chi connectivity index (χ1) is 14.7. The molecule has 0 aromatic carbocycles. The summed E-state index contributed by atoms with van der Waals surface area (Å²) in [5, 5.41) is 21.9. The molecule has 8 heteroatoms. The minimum absolute atomic E-state index is 0.147. The molecule has 2 aromatic heterocycles. The minimum Gasteiger partial charge on any atom is -0.393 e. The van der Waals surface area contributed by atoms with Gasteiger partial charge in [0, 0.05) is 43.7 Å². The molecule has 3 aliphatic rings. The van der Waals surface area contributed by atoms with Crippen LogP contribution in [0.25, 0.3) is 5.78 Å². The van der Waals surface area contributed by atoms with Gasteiger partial charge in [-0.15, -0.1) is 5.10 Å². The molecule has 3 heterocycles. The second-order valence-corrected chi connectivity index (χ2v) is 9.47. The number of nitrogens with zero attached hydrogens (tertiary/aromatic N) is 5. The number of fused-ring (bicyclic) bond motifs is 1. The van der Waals surface area contributed by atoms with Crippen molar-refractivity contribution in [2.75, 3.05) is 29.9 Å². The quantitative estimate of drug-likeness (QED) is 0.710. The van der Waals surface area contributed by atoms with E-state index in [0.717, 1.165) is 62.8 Å². The standard InChI is InChI=1S/C22H35N7O/c1-15-14-28(12-11-23-15)20-13-19(24-17-7-9-18(30)10-8-17)25-22-26-21(27-29(20)22)16-5-3-2-4-6-16/h13,15-18,23,30H,2-12,14H2,1H3,(H,24,25,26,27). The minimum atomic E-state index is -0.147. The Kier molecular flexibility index (Phi) is 5.78. The maximum atomic E-state index is 9.82. The number of anilines is 2. The van der Waals surface area contributed by atoms with Gasteiger partial charge in [0.15, 0.2) is 5.82 Å². The zero-order valence-electron chi connectivity index (χ0n) is 18.1. The van der Waals surface area contributed by atoms with Crippen LogP contribution in [0.5, 0.6) is 0 Å². The molecule has 0 spiro atoms. The summed E-state index contributed by atoms with van der Waals surface area (Å²) in [6.45, 7) is 5.11. The first-order valence-electron chi connectivity index (χ1n) is 11.9. The molecule has 2 aliphatic carbocycles. The van der Waals surface area contributed by atoms with Crippen LogP contribution < -0.4 is 15.5 Å². The van der Waals surface area contributed by atoms with E-state index in [-0.39, 0.29) is 6.10 Å². The van der Waals surface area contributed by atoms with E-state index < -0.39 is 0 Å². The lowest BCUT2D eigenvalue weighted by atomic mass is 9.89. The van der Waals surface area contributed by atoms with Crippen LogP contribution in [0.3, 0.4) is 0 Å². The van der Waals surface area contributed by atoms with E-state index in [4.69, 9.17) is 15.1 Å². The Balaban J connectivity index is 1.47. The zero-order chi connectivity index (χ0) is 20.5. The topological polar surface area (TPSA) is 90.6 Å². The van der Waals surface area contributed by atoms with Crippen molar-refractivity contribution in [2.45, 2.75) is 88.8 Å². The van der Waals surface area contributed by atoms with Gasteiger partial charge in [-0.25, -0.2) is 0 Å².